The van der Waals surface area contributed by atoms with E-state index in [-0.39, 0.29) is 63.5 Å². The molecule has 6 aliphatic heterocycles. The minimum Gasteiger partial charge on any atom is -0.481 e. The lowest BCUT2D eigenvalue weighted by molar-refractivity contribution is -0.138. The highest BCUT2D eigenvalue weighted by atomic mass is 35.5. The number of fused-ring (bicyclic) bond motifs is 2. The van der Waals surface area contributed by atoms with E-state index in [1.54, 1.807) is 29.1 Å². The minimum atomic E-state index is -0.860. The molecule has 0 spiro atoms. The molecule has 5 atom stereocenters. The summed E-state index contributed by atoms with van der Waals surface area (Å²) in [7, 11) is 2.60. The van der Waals surface area contributed by atoms with E-state index in [1.807, 2.05) is 57.1 Å². The van der Waals surface area contributed by atoms with E-state index in [4.69, 9.17) is 47.8 Å². The van der Waals surface area contributed by atoms with Gasteiger partial charge in [-0.15, -0.1) is 34.0 Å². The van der Waals surface area contributed by atoms with Crippen molar-refractivity contribution in [3.63, 3.8) is 0 Å². The highest BCUT2D eigenvalue weighted by Crippen LogP contribution is 2.40. The number of anilines is 2. The molecule has 4 saturated heterocycles. The Morgan fingerprint density at radius 1 is 0.700 bits per heavy atom. The number of aliphatic imine (C=N–C) groups is 2. The maximum absolute atomic E-state index is 14.0. The zero-order valence-electron chi connectivity index (χ0n) is 49.1. The molecule has 6 aliphatic rings. The monoisotopic (exact) mass is 1320 g/mol. The van der Waals surface area contributed by atoms with Gasteiger partial charge >= 0.3 is 30.0 Å². The van der Waals surface area contributed by atoms with Crippen molar-refractivity contribution < 1.29 is 52.1 Å². The zero-order valence-corrected chi connectivity index (χ0v) is 53.1. The van der Waals surface area contributed by atoms with Crippen LogP contribution in [0.1, 0.15) is 77.1 Å². The van der Waals surface area contributed by atoms with Crippen LogP contribution >= 0.6 is 57.2 Å². The van der Waals surface area contributed by atoms with Crippen LogP contribution in [0.25, 0.3) is 0 Å². The Morgan fingerprint density at radius 2 is 1.20 bits per heavy atom. The second kappa shape index (κ2) is 27.6. The maximum Gasteiger partial charge on any atom is 0.338 e. The molecule has 4 amide bonds. The quantitative estimate of drug-likeness (QED) is 0.0681. The molecule has 0 aliphatic carbocycles. The number of esters is 2. The average molecular weight is 1330 g/mol. The number of carboxylic acids is 1. The standard InChI is InChI=1S/C32H32ClFN6O5S.C29H29ClFN7O4S2/c1-18(13-26(41)42)19-3-6-21(7-4-19)40-16-22-15-38(10-11-39(22)32(40)44)17-25-27(31(43)45-2)28(23-8-5-20(34)14-24(23)33)37-29(36-25)30-35-9-12-46-30;1-16(39)3-5-18-15-44-28(33-18)38-13-19-12-36(8-9-37(19)29(38)41)14-22-23(27(40)42-2)24(20-6-4-17(31)11-21(20)30)35-25(34-22)26-32-7-10-43-26/h3-9,12,14,18,22,28H,10-11,13,15-17H2,1-2H3,(H,36,37)(H,41,42);4,6-7,10-11,15,19,24H,3,5,8-9,12-14H2,1-2H3,(H,34,35)/t18?,22-,28-;19-,24-/m00/s1. The number of rotatable bonds is 18. The van der Waals surface area contributed by atoms with Crippen molar-refractivity contribution in [3.8, 4) is 0 Å². The Bertz CT molecular complexity index is 3870. The number of ether oxygens (including phenoxy) is 2. The normalized spacial score (nSPS) is 20.6. The first-order chi connectivity index (χ1) is 43.3. The molecule has 0 bridgehead atoms. The number of ketones is 1. The number of nitrogens with zero attached hydrogens (tertiary/aromatic N) is 11. The van der Waals surface area contributed by atoms with Crippen molar-refractivity contribution in [2.75, 3.05) is 89.5 Å². The number of carbonyl (C=O) groups is 6. The summed E-state index contributed by atoms with van der Waals surface area (Å²) in [5.41, 5.74) is 5.07. The van der Waals surface area contributed by atoms with E-state index < -0.39 is 41.6 Å². The first kappa shape index (κ1) is 63.5. The number of urea groups is 2. The first-order valence-corrected chi connectivity index (χ1v) is 32.1. The predicted octanol–water partition coefficient (Wildman–Crippen LogP) is 8.72. The number of hydrogen-bond donors (Lipinski definition) is 3. The van der Waals surface area contributed by atoms with Gasteiger partial charge in [-0.05, 0) is 61.2 Å². The van der Waals surface area contributed by atoms with E-state index in [1.165, 1.54) is 84.6 Å². The number of Topliss-reactive ketones (excluding diaryl/α,β-unsaturated/α-hetero) is 1. The van der Waals surface area contributed by atoms with Gasteiger partial charge in [-0.25, -0.2) is 42.9 Å². The van der Waals surface area contributed by atoms with Crippen LogP contribution in [0.15, 0.2) is 122 Å². The molecule has 29 heteroatoms. The van der Waals surface area contributed by atoms with Crippen LogP contribution in [-0.2, 0) is 35.1 Å². The number of aromatic nitrogens is 3. The van der Waals surface area contributed by atoms with Gasteiger partial charge in [0.05, 0.1) is 56.1 Å². The Kier molecular flexibility index (Phi) is 19.5. The number of nitrogens with one attached hydrogen (secondary N) is 2. The van der Waals surface area contributed by atoms with Crippen molar-refractivity contribution in [1.82, 2.24) is 45.2 Å². The summed E-state index contributed by atoms with van der Waals surface area (Å²) in [5.74, 6) is -2.12. The molecule has 22 nitrogen and oxygen atoms in total. The van der Waals surface area contributed by atoms with Gasteiger partial charge in [0.25, 0.3) is 0 Å². The molecule has 3 aromatic heterocycles. The van der Waals surface area contributed by atoms with Gasteiger partial charge in [-0.1, -0.05) is 54.4 Å². The van der Waals surface area contributed by atoms with Crippen molar-refractivity contribution in [3.05, 3.63) is 166 Å². The smallest absolute Gasteiger partial charge is 0.338 e. The third-order valence-electron chi connectivity index (χ3n) is 16.2. The number of carbonyl (C=O) groups excluding carboxylic acids is 5. The highest BCUT2D eigenvalue weighted by molar-refractivity contribution is 7.14. The number of piperazine rings is 2. The molecule has 0 radical (unpaired) electrons. The van der Waals surface area contributed by atoms with E-state index in [2.05, 4.69) is 35.4 Å². The molecule has 0 saturated carbocycles. The van der Waals surface area contributed by atoms with Crippen molar-refractivity contribution in [2.45, 2.75) is 63.2 Å². The lowest BCUT2D eigenvalue weighted by Crippen LogP contribution is -2.53. The van der Waals surface area contributed by atoms with Crippen LogP contribution in [0, 0.1) is 11.6 Å². The fourth-order valence-corrected chi connectivity index (χ4v) is 14.4. The minimum absolute atomic E-state index is 0.0333. The molecule has 90 heavy (non-hydrogen) atoms. The molecule has 3 N–H and O–H groups in total. The molecular formula is C61H61Cl2F2N13O9S3. The third kappa shape index (κ3) is 13.8. The lowest BCUT2D eigenvalue weighted by Gasteiger charge is -2.38. The zero-order chi connectivity index (χ0) is 63.5. The molecule has 9 heterocycles. The van der Waals surface area contributed by atoms with Gasteiger partial charge in [0, 0.05) is 132 Å². The van der Waals surface area contributed by atoms with E-state index >= 15 is 0 Å². The summed E-state index contributed by atoms with van der Waals surface area (Å²) in [4.78, 5) is 110. The fraction of sp³-hybridized carbons (Fsp3) is 0.361. The number of amidine groups is 2. The Labute approximate surface area is 538 Å². The van der Waals surface area contributed by atoms with Crippen molar-refractivity contribution in [1.29, 1.82) is 0 Å². The Morgan fingerprint density at radius 3 is 1.66 bits per heavy atom. The third-order valence-corrected chi connectivity index (χ3v) is 19.4. The number of benzene rings is 3. The topological polar surface area (TPSA) is 248 Å². The van der Waals surface area contributed by atoms with Gasteiger partial charge in [0.1, 0.15) is 29.5 Å². The van der Waals surface area contributed by atoms with Crippen molar-refractivity contribution >= 4 is 115 Å². The SMILES string of the molecule is COC(=O)C1=C(CN2CCN3C(=O)N(c4ccc(C(C)CC(=O)O)cc4)C[C@@H]3C2)NC(c2nccs2)=N[C@H]1c1ccc(F)cc1Cl.COC(=O)C1=C(CN2CCN3C(=O)N(c4nc(CCC(C)=O)cs4)C[C@@H]3C2)NC(c2nccs2)=N[C@H]1c1ccc(F)cc1Cl. The largest absolute Gasteiger partial charge is 0.481 e. The number of aliphatic carboxylic acids is 1. The van der Waals surface area contributed by atoms with E-state index in [0.29, 0.717) is 128 Å². The molecule has 6 aromatic rings. The van der Waals surface area contributed by atoms with Crippen LogP contribution < -0.4 is 20.4 Å². The molecule has 12 rings (SSSR count). The van der Waals surface area contributed by atoms with Crippen molar-refractivity contribution in [2.24, 2.45) is 9.98 Å². The summed E-state index contributed by atoms with van der Waals surface area (Å²) in [6.45, 7) is 8.31. The maximum atomic E-state index is 14.0. The summed E-state index contributed by atoms with van der Waals surface area (Å²) in [6, 6.07) is 13.4. The Hall–Kier alpha value is -8.05. The second-order valence-electron chi connectivity index (χ2n) is 22.1. The van der Waals surface area contributed by atoms with Gasteiger partial charge < -0.3 is 39.8 Å². The summed E-state index contributed by atoms with van der Waals surface area (Å²) < 4.78 is 38.3. The van der Waals surface area contributed by atoms with Gasteiger partial charge in [-0.2, -0.15) is 0 Å². The van der Waals surface area contributed by atoms with E-state index in [0.717, 1.165) is 16.9 Å². The summed E-state index contributed by atoms with van der Waals surface area (Å²) in [6.07, 6.45) is 4.33. The number of halogens is 4. The number of amides is 4. The molecule has 1 unspecified atom stereocenters. The summed E-state index contributed by atoms with van der Waals surface area (Å²) in [5, 5.41) is 23.5. The predicted molar refractivity (Wildman–Crippen MR) is 338 cm³/mol. The number of thiazole rings is 3. The van der Waals surface area contributed by atoms with Crippen LogP contribution in [0.2, 0.25) is 10.0 Å². The Balaban J connectivity index is 0.000000185. The number of carboxylic acid groups (broad SMARTS) is 1. The molecule has 3 aromatic carbocycles. The summed E-state index contributed by atoms with van der Waals surface area (Å²) >= 11 is 17.1. The molecule has 4 fully saturated rings. The van der Waals surface area contributed by atoms with Crippen LogP contribution in [-0.4, -0.2) is 179 Å². The average Bonchev–Trinajstić information content (AvgIpc) is 0.991. The van der Waals surface area contributed by atoms with E-state index in [9.17, 15) is 37.5 Å². The second-order valence-corrected chi connectivity index (χ2v) is 25.6. The lowest BCUT2D eigenvalue weighted by atomic mass is 9.95. The number of aryl methyl sites for hydroxylation is 1. The fourth-order valence-electron chi connectivity index (χ4n) is 11.8. The van der Waals surface area contributed by atoms with Gasteiger partial charge in [-0.3, -0.25) is 34.4 Å². The van der Waals surface area contributed by atoms with Crippen LogP contribution in [0.4, 0.5) is 29.2 Å². The first-order valence-electron chi connectivity index (χ1n) is 28.7. The number of methoxy groups -OCH3 is 2. The van der Waals surface area contributed by atoms with Crippen LogP contribution in [0.3, 0.4) is 0 Å². The van der Waals surface area contributed by atoms with Gasteiger partial charge in [0.2, 0.25) is 0 Å². The molecule has 470 valence electrons. The number of hydrogen-bond acceptors (Lipinski definition) is 20. The highest BCUT2D eigenvalue weighted by Gasteiger charge is 2.45. The van der Waals surface area contributed by atoms with Gasteiger partial charge in [0.15, 0.2) is 26.8 Å². The molecular weight excluding hydrogens is 1260 g/mol. The van der Waals surface area contributed by atoms with Crippen LogP contribution in [0.5, 0.6) is 0 Å².